The van der Waals surface area contributed by atoms with E-state index >= 15 is 0 Å². The maximum atomic E-state index is 9.40. The summed E-state index contributed by atoms with van der Waals surface area (Å²) >= 11 is 5.81. The largest absolute Gasteiger partial charge is 0.389 e. The highest BCUT2D eigenvalue weighted by Gasteiger charge is 2.06. The first kappa shape index (κ1) is 9.56. The van der Waals surface area contributed by atoms with Crippen molar-refractivity contribution in [3.8, 4) is 0 Å². The summed E-state index contributed by atoms with van der Waals surface area (Å²) in [6.07, 6.45) is 0.496. The molecule has 1 aromatic carbocycles. The molecule has 2 heteroatoms. The van der Waals surface area contributed by atoms with E-state index in [2.05, 4.69) is 6.92 Å². The van der Waals surface area contributed by atoms with Crippen molar-refractivity contribution in [2.45, 2.75) is 26.4 Å². The molecule has 0 bridgehead atoms. The smallest absolute Gasteiger partial charge is 0.0765 e. The average Bonchev–Trinajstić information content (AvgIpc) is 2.04. The van der Waals surface area contributed by atoms with Crippen molar-refractivity contribution in [1.29, 1.82) is 0 Å². The minimum atomic E-state index is -0.432. The first-order chi connectivity index (χ1) is 5.65. The number of hydrogen-bond acceptors (Lipinski definition) is 1. The maximum Gasteiger partial charge on any atom is 0.0765 e. The van der Waals surface area contributed by atoms with Gasteiger partial charge in [0.15, 0.2) is 0 Å². The van der Waals surface area contributed by atoms with Crippen LogP contribution in [0.25, 0.3) is 0 Å². The Labute approximate surface area is 78.0 Å². The van der Waals surface area contributed by atoms with Crippen molar-refractivity contribution in [2.75, 3.05) is 0 Å². The van der Waals surface area contributed by atoms with Crippen LogP contribution in [0.1, 0.15) is 31.1 Å². The van der Waals surface area contributed by atoms with E-state index in [4.69, 9.17) is 11.6 Å². The number of hydrogen-bond donors (Lipinski definition) is 1. The summed E-state index contributed by atoms with van der Waals surface area (Å²) in [7, 11) is 0. The van der Waals surface area contributed by atoms with E-state index in [1.165, 1.54) is 0 Å². The molecule has 66 valence electrons. The van der Waals surface area contributed by atoms with E-state index in [0.717, 1.165) is 17.5 Å². The van der Waals surface area contributed by atoms with Crippen LogP contribution in [0.3, 0.4) is 0 Å². The standard InChI is InChI=1S/C10H13ClO/c1-3-8-4-5-9(11)6-10(8)7(2)12/h4-7,12H,3H2,1-2H3. The van der Waals surface area contributed by atoms with Crippen molar-refractivity contribution >= 4 is 11.6 Å². The Kier molecular flexibility index (Phi) is 3.12. The fraction of sp³-hybridized carbons (Fsp3) is 0.400. The maximum absolute atomic E-state index is 9.40. The summed E-state index contributed by atoms with van der Waals surface area (Å²) in [4.78, 5) is 0. The van der Waals surface area contributed by atoms with Crippen LogP contribution in [0.2, 0.25) is 5.02 Å². The molecular formula is C10H13ClO. The third kappa shape index (κ3) is 1.99. The van der Waals surface area contributed by atoms with Crippen LogP contribution in [-0.4, -0.2) is 5.11 Å². The number of aryl methyl sites for hydroxylation is 1. The lowest BCUT2D eigenvalue weighted by Crippen LogP contribution is -1.96. The van der Waals surface area contributed by atoms with Gasteiger partial charge in [-0.15, -0.1) is 0 Å². The molecule has 1 atom stereocenters. The first-order valence-electron chi connectivity index (χ1n) is 4.11. The highest BCUT2D eigenvalue weighted by atomic mass is 35.5. The van der Waals surface area contributed by atoms with Crippen molar-refractivity contribution in [1.82, 2.24) is 0 Å². The molecule has 1 unspecified atom stereocenters. The van der Waals surface area contributed by atoms with Gasteiger partial charge < -0.3 is 5.11 Å². The predicted octanol–water partition coefficient (Wildman–Crippen LogP) is 2.96. The predicted molar refractivity (Wildman–Crippen MR) is 51.5 cm³/mol. The monoisotopic (exact) mass is 184 g/mol. The van der Waals surface area contributed by atoms with E-state index in [1.54, 1.807) is 6.92 Å². The molecule has 0 aliphatic carbocycles. The van der Waals surface area contributed by atoms with Gasteiger partial charge in [-0.25, -0.2) is 0 Å². The third-order valence-electron chi connectivity index (χ3n) is 1.94. The molecule has 1 aromatic rings. The lowest BCUT2D eigenvalue weighted by Gasteiger charge is -2.10. The van der Waals surface area contributed by atoms with Crippen molar-refractivity contribution < 1.29 is 5.11 Å². The minimum absolute atomic E-state index is 0.432. The van der Waals surface area contributed by atoms with Gasteiger partial charge in [0.2, 0.25) is 0 Å². The zero-order chi connectivity index (χ0) is 9.14. The van der Waals surface area contributed by atoms with Crippen LogP contribution in [0.5, 0.6) is 0 Å². The van der Waals surface area contributed by atoms with E-state index in [9.17, 15) is 5.11 Å². The lowest BCUT2D eigenvalue weighted by molar-refractivity contribution is 0.198. The molecule has 1 N–H and O–H groups in total. The minimum Gasteiger partial charge on any atom is -0.389 e. The number of halogens is 1. The summed E-state index contributed by atoms with van der Waals surface area (Å²) in [5.74, 6) is 0. The van der Waals surface area contributed by atoms with E-state index < -0.39 is 6.10 Å². The molecule has 0 fully saturated rings. The van der Waals surface area contributed by atoms with Crippen molar-refractivity contribution in [3.63, 3.8) is 0 Å². The van der Waals surface area contributed by atoms with Gasteiger partial charge in [0, 0.05) is 5.02 Å². The molecule has 0 saturated heterocycles. The molecule has 0 saturated carbocycles. The highest BCUT2D eigenvalue weighted by molar-refractivity contribution is 6.30. The molecular weight excluding hydrogens is 172 g/mol. The molecule has 12 heavy (non-hydrogen) atoms. The lowest BCUT2D eigenvalue weighted by atomic mass is 10.0. The molecule has 0 aromatic heterocycles. The normalized spacial score (nSPS) is 13.0. The van der Waals surface area contributed by atoms with Crippen LogP contribution in [0.15, 0.2) is 18.2 Å². The van der Waals surface area contributed by atoms with Gasteiger partial charge in [-0.1, -0.05) is 24.6 Å². The second-order valence-electron chi connectivity index (χ2n) is 2.87. The molecule has 0 heterocycles. The van der Waals surface area contributed by atoms with Crippen molar-refractivity contribution in [3.05, 3.63) is 34.3 Å². The number of rotatable bonds is 2. The Balaban J connectivity index is 3.12. The zero-order valence-electron chi connectivity index (χ0n) is 7.34. The van der Waals surface area contributed by atoms with Gasteiger partial charge in [0.1, 0.15) is 0 Å². The molecule has 1 nitrogen and oxygen atoms in total. The Morgan fingerprint density at radius 2 is 2.17 bits per heavy atom. The van der Waals surface area contributed by atoms with E-state index in [1.807, 2.05) is 18.2 Å². The molecule has 0 spiro atoms. The molecule has 1 rings (SSSR count). The Bertz CT molecular complexity index is 269. The second kappa shape index (κ2) is 3.92. The number of aliphatic hydroxyl groups is 1. The van der Waals surface area contributed by atoms with E-state index in [-0.39, 0.29) is 0 Å². The summed E-state index contributed by atoms with van der Waals surface area (Å²) < 4.78 is 0. The van der Waals surface area contributed by atoms with Crippen LogP contribution < -0.4 is 0 Å². The number of benzene rings is 1. The van der Waals surface area contributed by atoms with Gasteiger partial charge in [0.25, 0.3) is 0 Å². The summed E-state index contributed by atoms with van der Waals surface area (Å²) in [6.45, 7) is 3.82. The van der Waals surface area contributed by atoms with E-state index in [0.29, 0.717) is 5.02 Å². The average molecular weight is 185 g/mol. The second-order valence-corrected chi connectivity index (χ2v) is 3.31. The van der Waals surface area contributed by atoms with Gasteiger partial charge >= 0.3 is 0 Å². The Morgan fingerprint density at radius 1 is 1.50 bits per heavy atom. The fourth-order valence-corrected chi connectivity index (χ4v) is 1.46. The summed E-state index contributed by atoms with van der Waals surface area (Å²) in [5.41, 5.74) is 2.10. The van der Waals surface area contributed by atoms with Crippen LogP contribution >= 0.6 is 11.6 Å². The summed E-state index contributed by atoms with van der Waals surface area (Å²) in [6, 6.07) is 5.64. The van der Waals surface area contributed by atoms with Gasteiger partial charge in [-0.05, 0) is 36.6 Å². The Morgan fingerprint density at radius 3 is 2.67 bits per heavy atom. The first-order valence-corrected chi connectivity index (χ1v) is 4.49. The molecule has 0 amide bonds. The molecule has 0 aliphatic rings. The van der Waals surface area contributed by atoms with Crippen LogP contribution in [-0.2, 0) is 6.42 Å². The van der Waals surface area contributed by atoms with Crippen LogP contribution in [0, 0.1) is 0 Å². The Hall–Kier alpha value is -0.530. The quantitative estimate of drug-likeness (QED) is 0.750. The topological polar surface area (TPSA) is 20.2 Å². The van der Waals surface area contributed by atoms with Crippen LogP contribution in [0.4, 0.5) is 0 Å². The van der Waals surface area contributed by atoms with Gasteiger partial charge in [-0.3, -0.25) is 0 Å². The SMILES string of the molecule is CCc1ccc(Cl)cc1C(C)O. The highest BCUT2D eigenvalue weighted by Crippen LogP contribution is 2.22. The zero-order valence-corrected chi connectivity index (χ0v) is 8.10. The van der Waals surface area contributed by atoms with Gasteiger partial charge in [0.05, 0.1) is 6.10 Å². The van der Waals surface area contributed by atoms with Crippen molar-refractivity contribution in [2.24, 2.45) is 0 Å². The fourth-order valence-electron chi connectivity index (χ4n) is 1.28. The molecule has 0 aliphatic heterocycles. The summed E-state index contributed by atoms with van der Waals surface area (Å²) in [5, 5.41) is 10.1. The molecule has 0 radical (unpaired) electrons. The third-order valence-corrected chi connectivity index (χ3v) is 2.17. The van der Waals surface area contributed by atoms with Gasteiger partial charge in [-0.2, -0.15) is 0 Å². The number of aliphatic hydroxyl groups excluding tert-OH is 1.